The number of anilines is 1. The molecule has 0 fully saturated rings. The number of aryl methyl sites for hydroxylation is 4. The van der Waals surface area contributed by atoms with Crippen LogP contribution in [0.1, 0.15) is 33.7 Å². The highest BCUT2D eigenvalue weighted by Crippen LogP contribution is 2.30. The number of rotatable bonds is 7. The monoisotopic (exact) mass is 406 g/mol. The van der Waals surface area contributed by atoms with Crippen molar-refractivity contribution < 1.29 is 18.8 Å². The van der Waals surface area contributed by atoms with Crippen molar-refractivity contribution in [2.24, 2.45) is 0 Å². The van der Waals surface area contributed by atoms with Crippen molar-refractivity contribution in [3.8, 4) is 11.5 Å². The molecule has 1 heterocycles. The van der Waals surface area contributed by atoms with E-state index in [1.165, 1.54) is 6.08 Å². The highest BCUT2D eigenvalue weighted by Gasteiger charge is 2.12. The Bertz CT molecular complexity index is 1060. The van der Waals surface area contributed by atoms with Gasteiger partial charge in [0, 0.05) is 11.8 Å². The van der Waals surface area contributed by atoms with Gasteiger partial charge in [-0.1, -0.05) is 28.9 Å². The van der Waals surface area contributed by atoms with Gasteiger partial charge < -0.3 is 19.3 Å². The first kappa shape index (κ1) is 21.2. The first-order valence-electron chi connectivity index (χ1n) is 9.66. The molecule has 2 aromatic carbocycles. The van der Waals surface area contributed by atoms with E-state index in [0.717, 1.165) is 39.4 Å². The van der Waals surface area contributed by atoms with Gasteiger partial charge in [0.2, 0.25) is 5.91 Å². The zero-order chi connectivity index (χ0) is 21.7. The summed E-state index contributed by atoms with van der Waals surface area (Å²) in [5.74, 6) is 1.73. The molecule has 0 saturated heterocycles. The van der Waals surface area contributed by atoms with Crippen molar-refractivity contribution in [3.05, 3.63) is 76.2 Å². The molecule has 0 spiro atoms. The van der Waals surface area contributed by atoms with E-state index in [1.807, 2.05) is 64.1 Å². The Labute approximate surface area is 176 Å². The lowest BCUT2D eigenvalue weighted by Gasteiger charge is -2.11. The van der Waals surface area contributed by atoms with Crippen molar-refractivity contribution in [3.63, 3.8) is 0 Å². The van der Waals surface area contributed by atoms with Crippen molar-refractivity contribution in [1.29, 1.82) is 0 Å². The number of nitrogens with one attached hydrogen (secondary N) is 1. The first-order valence-corrected chi connectivity index (χ1v) is 9.66. The Kier molecular flexibility index (Phi) is 6.57. The summed E-state index contributed by atoms with van der Waals surface area (Å²) in [6.45, 7) is 8.06. The van der Waals surface area contributed by atoms with Crippen LogP contribution in [0.15, 0.2) is 47.0 Å². The second kappa shape index (κ2) is 9.31. The summed E-state index contributed by atoms with van der Waals surface area (Å²) in [7, 11) is 1.58. The summed E-state index contributed by atoms with van der Waals surface area (Å²) in [5, 5.41) is 6.83. The predicted molar refractivity (Wildman–Crippen MR) is 117 cm³/mol. The van der Waals surface area contributed by atoms with E-state index < -0.39 is 0 Å². The van der Waals surface area contributed by atoms with Crippen LogP contribution >= 0.6 is 0 Å². The predicted octanol–water partition coefficient (Wildman–Crippen LogP) is 5.15. The Balaban J connectivity index is 1.67. The number of carbonyl (C=O) groups is 1. The van der Waals surface area contributed by atoms with Gasteiger partial charge in [-0.2, -0.15) is 0 Å². The normalized spacial score (nSPS) is 11.0. The minimum absolute atomic E-state index is 0.195. The van der Waals surface area contributed by atoms with Crippen LogP contribution in [-0.4, -0.2) is 18.2 Å². The van der Waals surface area contributed by atoms with Crippen LogP contribution < -0.4 is 14.8 Å². The molecule has 0 bridgehead atoms. The minimum Gasteiger partial charge on any atom is -0.493 e. The molecule has 0 unspecified atom stereocenters. The molecule has 1 aromatic heterocycles. The average molecular weight is 406 g/mol. The standard InChI is InChI=1S/C24H26N2O4/c1-15-6-9-21(16(2)12-15)25-24(27)11-8-19-7-10-22(23(13-19)28-5)29-14-20-17(3)26-30-18(20)4/h6-13H,14H2,1-5H3,(H,25,27)/b11-8+. The Morgan fingerprint density at radius 3 is 2.57 bits per heavy atom. The number of methoxy groups -OCH3 is 1. The number of ether oxygens (including phenoxy) is 2. The van der Waals surface area contributed by atoms with Crippen LogP contribution in [0.2, 0.25) is 0 Å². The van der Waals surface area contributed by atoms with Crippen molar-refractivity contribution >= 4 is 17.7 Å². The van der Waals surface area contributed by atoms with Gasteiger partial charge in [-0.15, -0.1) is 0 Å². The zero-order valence-corrected chi connectivity index (χ0v) is 17.9. The molecule has 3 rings (SSSR count). The summed E-state index contributed by atoms with van der Waals surface area (Å²) in [5.41, 5.74) is 5.54. The van der Waals surface area contributed by atoms with E-state index in [1.54, 1.807) is 13.2 Å². The van der Waals surface area contributed by atoms with Gasteiger partial charge in [0.05, 0.1) is 18.4 Å². The highest BCUT2D eigenvalue weighted by atomic mass is 16.5. The van der Waals surface area contributed by atoms with E-state index in [-0.39, 0.29) is 5.91 Å². The van der Waals surface area contributed by atoms with E-state index in [2.05, 4.69) is 10.5 Å². The quantitative estimate of drug-likeness (QED) is 0.550. The first-order chi connectivity index (χ1) is 14.4. The van der Waals surface area contributed by atoms with Crippen LogP contribution in [0.3, 0.4) is 0 Å². The Hall–Kier alpha value is -3.54. The third kappa shape index (κ3) is 5.08. The van der Waals surface area contributed by atoms with Gasteiger partial charge in [0.1, 0.15) is 12.4 Å². The summed E-state index contributed by atoms with van der Waals surface area (Å²) >= 11 is 0. The fraction of sp³-hybridized carbons (Fsp3) is 0.250. The summed E-state index contributed by atoms with van der Waals surface area (Å²) in [4.78, 5) is 12.3. The van der Waals surface area contributed by atoms with E-state index in [9.17, 15) is 4.79 Å². The molecule has 1 amide bonds. The molecule has 6 heteroatoms. The highest BCUT2D eigenvalue weighted by molar-refractivity contribution is 6.02. The lowest BCUT2D eigenvalue weighted by Crippen LogP contribution is -2.08. The molecule has 3 aromatic rings. The molecular weight excluding hydrogens is 380 g/mol. The maximum Gasteiger partial charge on any atom is 0.248 e. The topological polar surface area (TPSA) is 73.6 Å². The van der Waals surface area contributed by atoms with Crippen LogP contribution in [0.25, 0.3) is 6.08 Å². The van der Waals surface area contributed by atoms with Crippen molar-refractivity contribution in [1.82, 2.24) is 5.16 Å². The fourth-order valence-corrected chi connectivity index (χ4v) is 3.07. The van der Waals surface area contributed by atoms with Crippen LogP contribution in [0.5, 0.6) is 11.5 Å². The van der Waals surface area contributed by atoms with Crippen molar-refractivity contribution in [2.75, 3.05) is 12.4 Å². The number of hydrogen-bond donors (Lipinski definition) is 1. The zero-order valence-electron chi connectivity index (χ0n) is 17.9. The molecule has 6 nitrogen and oxygen atoms in total. The average Bonchev–Trinajstić information content (AvgIpc) is 3.04. The molecule has 0 atom stereocenters. The number of amides is 1. The van der Waals surface area contributed by atoms with Gasteiger partial charge in [0.25, 0.3) is 0 Å². The van der Waals surface area contributed by atoms with E-state index >= 15 is 0 Å². The smallest absolute Gasteiger partial charge is 0.248 e. The minimum atomic E-state index is -0.195. The molecule has 0 saturated carbocycles. The SMILES string of the molecule is COc1cc(/C=C/C(=O)Nc2ccc(C)cc2C)ccc1OCc1c(C)noc1C. The lowest BCUT2D eigenvalue weighted by atomic mass is 10.1. The van der Waals surface area contributed by atoms with Gasteiger partial charge in [-0.25, -0.2) is 0 Å². The number of nitrogens with zero attached hydrogens (tertiary/aromatic N) is 1. The van der Waals surface area contributed by atoms with Gasteiger partial charge >= 0.3 is 0 Å². The molecular formula is C24H26N2O4. The summed E-state index contributed by atoms with van der Waals surface area (Å²) in [6, 6.07) is 11.4. The van der Waals surface area contributed by atoms with Crippen LogP contribution in [-0.2, 0) is 11.4 Å². The maximum absolute atomic E-state index is 12.3. The molecule has 0 aliphatic heterocycles. The second-order valence-corrected chi connectivity index (χ2v) is 7.14. The molecule has 0 aliphatic rings. The molecule has 1 N–H and O–H groups in total. The molecule has 30 heavy (non-hydrogen) atoms. The number of benzene rings is 2. The number of carbonyl (C=O) groups excluding carboxylic acids is 1. The summed E-state index contributed by atoms with van der Waals surface area (Å²) in [6.07, 6.45) is 3.23. The van der Waals surface area contributed by atoms with Crippen LogP contribution in [0.4, 0.5) is 5.69 Å². The fourth-order valence-electron chi connectivity index (χ4n) is 3.07. The van der Waals surface area contributed by atoms with E-state index in [0.29, 0.717) is 18.1 Å². The third-order valence-corrected chi connectivity index (χ3v) is 4.81. The van der Waals surface area contributed by atoms with Gasteiger partial charge in [0.15, 0.2) is 11.5 Å². The van der Waals surface area contributed by atoms with Crippen LogP contribution in [0, 0.1) is 27.7 Å². The number of hydrogen-bond acceptors (Lipinski definition) is 5. The molecule has 156 valence electrons. The molecule has 0 aliphatic carbocycles. The third-order valence-electron chi connectivity index (χ3n) is 4.81. The summed E-state index contributed by atoms with van der Waals surface area (Å²) < 4.78 is 16.5. The number of aromatic nitrogens is 1. The van der Waals surface area contributed by atoms with E-state index in [4.69, 9.17) is 14.0 Å². The van der Waals surface area contributed by atoms with Crippen molar-refractivity contribution in [2.45, 2.75) is 34.3 Å². The Morgan fingerprint density at radius 2 is 1.90 bits per heavy atom. The molecule has 0 radical (unpaired) electrons. The van der Waals surface area contributed by atoms with Gasteiger partial charge in [-0.05, 0) is 63.1 Å². The van der Waals surface area contributed by atoms with Gasteiger partial charge in [-0.3, -0.25) is 4.79 Å². The Morgan fingerprint density at radius 1 is 1.10 bits per heavy atom. The maximum atomic E-state index is 12.3. The lowest BCUT2D eigenvalue weighted by molar-refractivity contribution is -0.111. The second-order valence-electron chi connectivity index (χ2n) is 7.14. The largest absolute Gasteiger partial charge is 0.493 e.